The van der Waals surface area contributed by atoms with Gasteiger partial charge in [0.15, 0.2) is 0 Å². The molecule has 0 aromatic carbocycles. The van der Waals surface area contributed by atoms with Gasteiger partial charge in [0.25, 0.3) is 0 Å². The maximum Gasteiger partial charge on any atom is 0.337 e. The maximum absolute atomic E-state index is 11.7. The fourth-order valence-corrected chi connectivity index (χ4v) is 4.34. The molecule has 17 heavy (non-hydrogen) atoms. The molecule has 4 bridgehead atoms. The molecular formula is C14H20O3. The zero-order valence-electron chi connectivity index (χ0n) is 10.3. The third-order valence-corrected chi connectivity index (χ3v) is 4.90. The number of rotatable bonds is 2. The Kier molecular flexibility index (Phi) is 2.64. The number of aliphatic hydroxyl groups excluding tert-OH is 1. The van der Waals surface area contributed by atoms with Crippen LogP contribution in [0.25, 0.3) is 0 Å². The predicted molar refractivity (Wildman–Crippen MR) is 63.3 cm³/mol. The monoisotopic (exact) mass is 236 g/mol. The lowest BCUT2D eigenvalue weighted by molar-refractivity contribution is -0.166. The van der Waals surface area contributed by atoms with Crippen LogP contribution < -0.4 is 0 Å². The lowest BCUT2D eigenvalue weighted by Gasteiger charge is -2.53. The number of aliphatic hydroxyl groups is 1. The normalized spacial score (nSPS) is 43.8. The van der Waals surface area contributed by atoms with Crippen LogP contribution in [0.1, 0.15) is 39.0 Å². The smallest absolute Gasteiger partial charge is 0.337 e. The molecule has 0 aromatic heterocycles. The van der Waals surface area contributed by atoms with Gasteiger partial charge in [-0.2, -0.15) is 0 Å². The van der Waals surface area contributed by atoms with Crippen molar-refractivity contribution in [1.82, 2.24) is 0 Å². The van der Waals surface area contributed by atoms with Crippen LogP contribution in [-0.2, 0) is 9.53 Å². The second kappa shape index (κ2) is 4.04. The van der Waals surface area contributed by atoms with Gasteiger partial charge in [-0.1, -0.05) is 0 Å². The van der Waals surface area contributed by atoms with Gasteiger partial charge in [0.2, 0.25) is 0 Å². The number of ether oxygens (including phenoxy) is 1. The average Bonchev–Trinajstić information content (AvgIpc) is 2.31. The third kappa shape index (κ3) is 1.85. The molecule has 4 fully saturated rings. The summed E-state index contributed by atoms with van der Waals surface area (Å²) >= 11 is 0. The average molecular weight is 236 g/mol. The highest BCUT2D eigenvalue weighted by molar-refractivity contribution is 5.87. The number of carbonyl (C=O) groups excluding carboxylic acids is 1. The summed E-state index contributed by atoms with van der Waals surface area (Å²) in [5.41, 5.74) is 0.304. The van der Waals surface area contributed by atoms with E-state index in [4.69, 9.17) is 9.84 Å². The van der Waals surface area contributed by atoms with Crippen LogP contribution in [0, 0.1) is 23.7 Å². The van der Waals surface area contributed by atoms with E-state index in [1.807, 2.05) is 0 Å². The Morgan fingerprint density at radius 1 is 1.12 bits per heavy atom. The van der Waals surface area contributed by atoms with Crippen molar-refractivity contribution in [2.75, 3.05) is 0 Å². The molecule has 0 saturated heterocycles. The Hall–Kier alpha value is -0.990. The van der Waals surface area contributed by atoms with Crippen molar-refractivity contribution in [3.8, 4) is 0 Å². The van der Waals surface area contributed by atoms with Crippen LogP contribution in [-0.4, -0.2) is 17.2 Å². The second-order valence-corrected chi connectivity index (χ2v) is 6.11. The van der Waals surface area contributed by atoms with Gasteiger partial charge in [-0.25, -0.2) is 4.79 Å². The highest BCUT2D eigenvalue weighted by atomic mass is 16.5. The topological polar surface area (TPSA) is 46.5 Å². The third-order valence-electron chi connectivity index (χ3n) is 4.90. The summed E-state index contributed by atoms with van der Waals surface area (Å²) in [4.78, 5) is 11.7. The van der Waals surface area contributed by atoms with E-state index in [-0.39, 0.29) is 12.1 Å². The molecule has 4 aliphatic rings. The summed E-state index contributed by atoms with van der Waals surface area (Å²) in [5.74, 6) is 2.61. The first-order chi connectivity index (χ1) is 8.17. The fraction of sp³-hybridized carbons (Fsp3) is 0.786. The Morgan fingerprint density at radius 3 is 2.12 bits per heavy atom. The van der Waals surface area contributed by atoms with E-state index < -0.39 is 0 Å². The zero-order chi connectivity index (χ0) is 12.0. The molecule has 0 amide bonds. The fourth-order valence-electron chi connectivity index (χ4n) is 4.34. The summed E-state index contributed by atoms with van der Waals surface area (Å²) in [6.07, 6.45) is 7.34. The predicted octanol–water partition coefficient (Wildman–Crippen LogP) is 2.82. The molecular weight excluding hydrogens is 216 g/mol. The van der Waals surface area contributed by atoms with E-state index in [1.54, 1.807) is 6.92 Å². The number of esters is 1. The SMILES string of the molecule is CC(=CO)C(=O)OC1C2CC3CC(C2)CC1C3. The summed E-state index contributed by atoms with van der Waals surface area (Å²) in [7, 11) is 0. The Bertz CT molecular complexity index is 330. The van der Waals surface area contributed by atoms with Crippen molar-refractivity contribution in [3.63, 3.8) is 0 Å². The molecule has 0 heterocycles. The minimum Gasteiger partial charge on any atom is -0.515 e. The van der Waals surface area contributed by atoms with Gasteiger partial charge in [0.1, 0.15) is 6.10 Å². The second-order valence-electron chi connectivity index (χ2n) is 6.11. The zero-order valence-corrected chi connectivity index (χ0v) is 10.3. The largest absolute Gasteiger partial charge is 0.515 e. The van der Waals surface area contributed by atoms with E-state index in [9.17, 15) is 4.79 Å². The van der Waals surface area contributed by atoms with Crippen molar-refractivity contribution in [2.45, 2.75) is 45.1 Å². The number of hydrogen-bond donors (Lipinski definition) is 1. The first-order valence-corrected chi connectivity index (χ1v) is 6.69. The molecule has 94 valence electrons. The van der Waals surface area contributed by atoms with Gasteiger partial charge < -0.3 is 9.84 Å². The van der Waals surface area contributed by atoms with Crippen molar-refractivity contribution < 1.29 is 14.6 Å². The van der Waals surface area contributed by atoms with Gasteiger partial charge in [0.05, 0.1) is 11.8 Å². The molecule has 3 heteroatoms. The summed E-state index contributed by atoms with van der Waals surface area (Å²) in [5, 5.41) is 8.82. The van der Waals surface area contributed by atoms with Crippen LogP contribution >= 0.6 is 0 Å². The molecule has 1 N–H and O–H groups in total. The van der Waals surface area contributed by atoms with Crippen LogP contribution in [0.5, 0.6) is 0 Å². The highest BCUT2D eigenvalue weighted by Gasteiger charge is 2.49. The van der Waals surface area contributed by atoms with Crippen molar-refractivity contribution in [3.05, 3.63) is 11.8 Å². The Morgan fingerprint density at radius 2 is 1.65 bits per heavy atom. The standard InChI is InChI=1S/C14H20O3/c1-8(7-15)14(16)17-13-11-3-9-2-10(5-11)6-12(13)4-9/h7,9-13,15H,2-6H2,1H3. The summed E-state index contributed by atoms with van der Waals surface area (Å²) < 4.78 is 5.61. The quantitative estimate of drug-likeness (QED) is 0.455. The Labute approximate surface area is 102 Å². The summed E-state index contributed by atoms with van der Waals surface area (Å²) in [6.45, 7) is 1.60. The highest BCUT2D eigenvalue weighted by Crippen LogP contribution is 2.54. The molecule has 0 aromatic rings. The van der Waals surface area contributed by atoms with Gasteiger partial charge in [-0.3, -0.25) is 0 Å². The minimum absolute atomic E-state index is 0.116. The van der Waals surface area contributed by atoms with Crippen LogP contribution in [0.15, 0.2) is 11.8 Å². The first kappa shape index (κ1) is 11.1. The molecule has 0 spiro atoms. The van der Waals surface area contributed by atoms with Gasteiger partial charge in [-0.15, -0.1) is 0 Å². The minimum atomic E-state index is -0.343. The first-order valence-electron chi connectivity index (χ1n) is 6.69. The molecule has 0 unspecified atom stereocenters. The number of carbonyl (C=O) groups is 1. The molecule has 4 aliphatic carbocycles. The van der Waals surface area contributed by atoms with E-state index >= 15 is 0 Å². The van der Waals surface area contributed by atoms with E-state index in [0.29, 0.717) is 17.4 Å². The molecule has 3 nitrogen and oxygen atoms in total. The van der Waals surface area contributed by atoms with Gasteiger partial charge >= 0.3 is 5.97 Å². The molecule has 4 rings (SSSR count). The lowest BCUT2D eigenvalue weighted by atomic mass is 9.55. The Balaban J connectivity index is 1.70. The van der Waals surface area contributed by atoms with Crippen LogP contribution in [0.3, 0.4) is 0 Å². The van der Waals surface area contributed by atoms with Crippen molar-refractivity contribution in [2.24, 2.45) is 23.7 Å². The lowest BCUT2D eigenvalue weighted by Crippen LogP contribution is -2.50. The van der Waals surface area contributed by atoms with Crippen molar-refractivity contribution >= 4 is 5.97 Å². The van der Waals surface area contributed by atoms with E-state index in [1.165, 1.54) is 32.1 Å². The number of hydrogen-bond acceptors (Lipinski definition) is 3. The van der Waals surface area contributed by atoms with Crippen LogP contribution in [0.4, 0.5) is 0 Å². The molecule has 4 saturated carbocycles. The molecule has 0 atom stereocenters. The molecule has 0 radical (unpaired) electrons. The summed E-state index contributed by atoms with van der Waals surface area (Å²) in [6, 6.07) is 0. The van der Waals surface area contributed by atoms with Gasteiger partial charge in [-0.05, 0) is 62.7 Å². The molecule has 0 aliphatic heterocycles. The van der Waals surface area contributed by atoms with E-state index in [2.05, 4.69) is 0 Å². The van der Waals surface area contributed by atoms with Gasteiger partial charge in [0, 0.05) is 0 Å². The maximum atomic E-state index is 11.7. The van der Waals surface area contributed by atoms with E-state index in [0.717, 1.165) is 18.1 Å². The van der Waals surface area contributed by atoms with Crippen molar-refractivity contribution in [1.29, 1.82) is 0 Å². The van der Waals surface area contributed by atoms with Crippen LogP contribution in [0.2, 0.25) is 0 Å².